The number of benzene rings is 1. The molecule has 7 nitrogen and oxygen atoms in total. The first-order valence-electron chi connectivity index (χ1n) is 7.63. The molecule has 0 aliphatic rings. The fourth-order valence-corrected chi connectivity index (χ4v) is 2.19. The average Bonchev–Trinajstić information content (AvgIpc) is 2.62. The van der Waals surface area contributed by atoms with Crippen LogP contribution in [0, 0.1) is 0 Å². The zero-order valence-corrected chi connectivity index (χ0v) is 13.7. The fraction of sp³-hybridized carbons (Fsp3) is 0.529. The van der Waals surface area contributed by atoms with E-state index in [-0.39, 0.29) is 13.0 Å². The molecule has 5 unspecified atom stereocenters. The summed E-state index contributed by atoms with van der Waals surface area (Å²) in [7, 11) is 1.55. The Bertz CT molecular complexity index is 494. The van der Waals surface area contributed by atoms with Crippen LogP contribution in [0.15, 0.2) is 36.9 Å². The lowest BCUT2D eigenvalue weighted by molar-refractivity contribution is -0.152. The predicted octanol–water partition coefficient (Wildman–Crippen LogP) is -0.408. The van der Waals surface area contributed by atoms with Gasteiger partial charge in [0.15, 0.2) is 0 Å². The van der Waals surface area contributed by atoms with E-state index in [0.717, 1.165) is 5.56 Å². The lowest BCUT2D eigenvalue weighted by atomic mass is 9.97. The van der Waals surface area contributed by atoms with Gasteiger partial charge in [-0.25, -0.2) is 0 Å². The summed E-state index contributed by atoms with van der Waals surface area (Å²) in [5, 5.41) is 48.1. The van der Waals surface area contributed by atoms with Gasteiger partial charge in [-0.1, -0.05) is 18.2 Å². The van der Waals surface area contributed by atoms with Crippen LogP contribution in [-0.4, -0.2) is 69.8 Å². The van der Waals surface area contributed by atoms with Gasteiger partial charge in [0, 0.05) is 0 Å². The molecule has 0 fully saturated rings. The molecule has 1 aromatic rings. The van der Waals surface area contributed by atoms with Crippen LogP contribution in [0.4, 0.5) is 0 Å². The maximum Gasteiger partial charge on any atom is 0.119 e. The Morgan fingerprint density at radius 3 is 2.42 bits per heavy atom. The van der Waals surface area contributed by atoms with Gasteiger partial charge in [-0.05, 0) is 24.1 Å². The monoisotopic (exact) mass is 342 g/mol. The molecular formula is C17H26O7. The molecular weight excluding hydrogens is 316 g/mol. The number of aliphatic hydroxyl groups is 5. The number of aliphatic hydroxyl groups excluding tert-OH is 5. The molecule has 0 aliphatic heterocycles. The highest BCUT2D eigenvalue weighted by atomic mass is 16.5. The third kappa shape index (κ3) is 5.86. The number of methoxy groups -OCH3 is 1. The Labute approximate surface area is 141 Å². The van der Waals surface area contributed by atoms with Crippen molar-refractivity contribution in [2.75, 3.05) is 13.7 Å². The molecule has 7 heteroatoms. The van der Waals surface area contributed by atoms with Gasteiger partial charge < -0.3 is 35.0 Å². The summed E-state index contributed by atoms with van der Waals surface area (Å²) in [6.45, 7) is 2.99. The highest BCUT2D eigenvalue weighted by Gasteiger charge is 2.34. The van der Waals surface area contributed by atoms with Crippen LogP contribution in [0.2, 0.25) is 0 Å². The van der Waals surface area contributed by atoms with Gasteiger partial charge in [0.1, 0.15) is 30.2 Å². The largest absolute Gasteiger partial charge is 0.497 e. The van der Waals surface area contributed by atoms with E-state index >= 15 is 0 Å². The fourth-order valence-electron chi connectivity index (χ4n) is 2.19. The van der Waals surface area contributed by atoms with E-state index in [0.29, 0.717) is 5.75 Å². The van der Waals surface area contributed by atoms with Crippen molar-refractivity contribution >= 4 is 0 Å². The molecule has 0 aliphatic carbocycles. The van der Waals surface area contributed by atoms with Crippen LogP contribution < -0.4 is 4.74 Å². The predicted molar refractivity (Wildman–Crippen MR) is 87.5 cm³/mol. The molecule has 0 spiro atoms. The minimum atomic E-state index is -1.70. The minimum Gasteiger partial charge on any atom is -0.497 e. The second kappa shape index (κ2) is 10.4. The smallest absolute Gasteiger partial charge is 0.119 e. The van der Waals surface area contributed by atoms with Crippen LogP contribution in [0.5, 0.6) is 5.75 Å². The Morgan fingerprint density at radius 2 is 1.83 bits per heavy atom. The van der Waals surface area contributed by atoms with Crippen molar-refractivity contribution in [3.05, 3.63) is 42.5 Å². The number of ether oxygens (including phenoxy) is 2. The van der Waals surface area contributed by atoms with Crippen molar-refractivity contribution < 1.29 is 35.0 Å². The van der Waals surface area contributed by atoms with Crippen molar-refractivity contribution in [1.29, 1.82) is 0 Å². The van der Waals surface area contributed by atoms with Crippen molar-refractivity contribution in [2.45, 2.75) is 43.5 Å². The van der Waals surface area contributed by atoms with E-state index in [1.165, 1.54) is 6.08 Å². The van der Waals surface area contributed by atoms with E-state index in [1.807, 2.05) is 6.07 Å². The Balaban J connectivity index is 2.72. The molecule has 24 heavy (non-hydrogen) atoms. The van der Waals surface area contributed by atoms with Crippen LogP contribution >= 0.6 is 0 Å². The molecule has 0 amide bonds. The van der Waals surface area contributed by atoms with E-state index in [9.17, 15) is 20.4 Å². The van der Waals surface area contributed by atoms with Gasteiger partial charge in [0.25, 0.3) is 0 Å². The minimum absolute atomic E-state index is 0.151. The summed E-state index contributed by atoms with van der Waals surface area (Å²) in [6.07, 6.45) is -5.50. The van der Waals surface area contributed by atoms with Crippen LogP contribution in [0.25, 0.3) is 0 Å². The highest BCUT2D eigenvalue weighted by molar-refractivity contribution is 5.27. The molecule has 136 valence electrons. The SMILES string of the molecule is C=CCC(OCc1cccc(OC)c1)C(O)C(O)C(O)C(O)CO. The zero-order chi connectivity index (χ0) is 18.1. The van der Waals surface area contributed by atoms with Gasteiger partial charge >= 0.3 is 0 Å². The molecule has 0 saturated heterocycles. The molecule has 1 rings (SSSR count). The number of hydrogen-bond acceptors (Lipinski definition) is 7. The topological polar surface area (TPSA) is 120 Å². The maximum absolute atomic E-state index is 10.2. The summed E-state index contributed by atoms with van der Waals surface area (Å²) in [4.78, 5) is 0. The second-order valence-corrected chi connectivity index (χ2v) is 5.45. The lowest BCUT2D eigenvalue weighted by Crippen LogP contribution is -2.50. The molecule has 5 atom stereocenters. The average molecular weight is 342 g/mol. The summed E-state index contributed by atoms with van der Waals surface area (Å²) in [6, 6.07) is 7.18. The first-order chi connectivity index (χ1) is 11.4. The van der Waals surface area contributed by atoms with Gasteiger partial charge in [-0.15, -0.1) is 6.58 Å². The van der Waals surface area contributed by atoms with Gasteiger partial charge in [-0.3, -0.25) is 0 Å². The molecule has 0 heterocycles. The van der Waals surface area contributed by atoms with Crippen LogP contribution in [0.1, 0.15) is 12.0 Å². The van der Waals surface area contributed by atoms with E-state index in [4.69, 9.17) is 14.6 Å². The van der Waals surface area contributed by atoms with Crippen molar-refractivity contribution in [3.63, 3.8) is 0 Å². The summed E-state index contributed by atoms with van der Waals surface area (Å²) >= 11 is 0. The Kier molecular flexibility index (Phi) is 8.91. The zero-order valence-electron chi connectivity index (χ0n) is 13.7. The molecule has 1 aromatic carbocycles. The van der Waals surface area contributed by atoms with Gasteiger partial charge in [0.05, 0.1) is 26.4 Å². The third-order valence-electron chi connectivity index (χ3n) is 3.66. The lowest BCUT2D eigenvalue weighted by Gasteiger charge is -2.30. The first kappa shape index (κ1) is 20.6. The van der Waals surface area contributed by atoms with Crippen LogP contribution in [-0.2, 0) is 11.3 Å². The van der Waals surface area contributed by atoms with E-state index in [2.05, 4.69) is 6.58 Å². The third-order valence-corrected chi connectivity index (χ3v) is 3.66. The standard InChI is InChI=1S/C17H26O7/c1-3-5-14(16(21)17(22)15(20)13(19)9-18)24-10-11-6-4-7-12(8-11)23-2/h3-4,6-8,13-22H,1,5,9-10H2,2H3. The molecule has 0 saturated carbocycles. The quantitative estimate of drug-likeness (QED) is 0.347. The number of hydrogen-bond donors (Lipinski definition) is 5. The van der Waals surface area contributed by atoms with Crippen molar-refractivity contribution in [3.8, 4) is 5.75 Å². The van der Waals surface area contributed by atoms with E-state index in [1.54, 1.807) is 25.3 Å². The Hall–Kier alpha value is -1.48. The summed E-state index contributed by atoms with van der Waals surface area (Å²) in [5.74, 6) is 0.665. The molecule has 0 bridgehead atoms. The van der Waals surface area contributed by atoms with Gasteiger partial charge in [0.2, 0.25) is 0 Å². The maximum atomic E-state index is 10.2. The van der Waals surface area contributed by atoms with Crippen molar-refractivity contribution in [2.24, 2.45) is 0 Å². The Morgan fingerprint density at radius 1 is 1.12 bits per heavy atom. The summed E-state index contributed by atoms with van der Waals surface area (Å²) in [5.41, 5.74) is 0.807. The van der Waals surface area contributed by atoms with E-state index < -0.39 is 37.1 Å². The highest BCUT2D eigenvalue weighted by Crippen LogP contribution is 2.18. The van der Waals surface area contributed by atoms with Crippen molar-refractivity contribution in [1.82, 2.24) is 0 Å². The van der Waals surface area contributed by atoms with Gasteiger partial charge in [-0.2, -0.15) is 0 Å². The number of rotatable bonds is 11. The van der Waals surface area contributed by atoms with Crippen LogP contribution in [0.3, 0.4) is 0 Å². The first-order valence-corrected chi connectivity index (χ1v) is 7.63. The summed E-state index contributed by atoms with van der Waals surface area (Å²) < 4.78 is 10.7. The second-order valence-electron chi connectivity index (χ2n) is 5.45. The molecule has 5 N–H and O–H groups in total. The normalized spacial score (nSPS) is 17.6. The molecule has 0 aromatic heterocycles. The molecule has 0 radical (unpaired) electrons.